The second kappa shape index (κ2) is 8.14. The molecule has 3 heterocycles. The molecule has 0 spiro atoms. The van der Waals surface area contributed by atoms with Gasteiger partial charge in [0.25, 0.3) is 0 Å². The van der Waals surface area contributed by atoms with Crippen molar-refractivity contribution in [3.8, 4) is 0 Å². The van der Waals surface area contributed by atoms with Crippen molar-refractivity contribution in [3.63, 3.8) is 0 Å². The van der Waals surface area contributed by atoms with Gasteiger partial charge in [0.2, 0.25) is 11.8 Å². The highest BCUT2D eigenvalue weighted by Crippen LogP contribution is 2.24. The molecule has 4 rings (SSSR count). The molecule has 0 saturated heterocycles. The number of benzene rings is 1. The summed E-state index contributed by atoms with van der Waals surface area (Å²) in [5.74, 6) is 0.567. The minimum absolute atomic E-state index is 0.00431. The van der Waals surface area contributed by atoms with Gasteiger partial charge in [-0.05, 0) is 78.8 Å². The fourth-order valence-corrected chi connectivity index (χ4v) is 3.82. The number of rotatable bonds is 4. The molecule has 0 radical (unpaired) electrons. The smallest absolute Gasteiger partial charge is 0.246 e. The van der Waals surface area contributed by atoms with Gasteiger partial charge >= 0.3 is 0 Å². The van der Waals surface area contributed by atoms with E-state index in [1.54, 1.807) is 23.2 Å². The molecule has 30 heavy (non-hydrogen) atoms. The van der Waals surface area contributed by atoms with E-state index in [0.717, 1.165) is 40.6 Å². The number of aromatic nitrogens is 2. The quantitative estimate of drug-likeness (QED) is 0.644. The molecule has 2 aromatic heterocycles. The fourth-order valence-electron chi connectivity index (χ4n) is 3.82. The molecule has 6 heteroatoms. The van der Waals surface area contributed by atoms with Crippen molar-refractivity contribution >= 4 is 34.6 Å². The van der Waals surface area contributed by atoms with Crippen LogP contribution in [0, 0.1) is 13.8 Å². The number of nitrogens with one attached hydrogen (secondary N) is 2. The Hall–Kier alpha value is -3.41. The predicted molar refractivity (Wildman–Crippen MR) is 119 cm³/mol. The maximum Gasteiger partial charge on any atom is 0.246 e. The largest absolute Gasteiger partial charge is 0.361 e. The van der Waals surface area contributed by atoms with Crippen LogP contribution in [0.4, 0.5) is 5.82 Å². The number of nitrogens with zero attached hydrogens (tertiary/aromatic N) is 2. The Morgan fingerprint density at radius 1 is 1.20 bits per heavy atom. The van der Waals surface area contributed by atoms with Gasteiger partial charge in [0, 0.05) is 49.4 Å². The highest BCUT2D eigenvalue weighted by atomic mass is 16.2. The molecule has 154 valence electrons. The maximum absolute atomic E-state index is 12.7. The van der Waals surface area contributed by atoms with Gasteiger partial charge in [-0.1, -0.05) is 0 Å². The van der Waals surface area contributed by atoms with Crippen LogP contribution < -0.4 is 5.32 Å². The Balaban J connectivity index is 1.47. The van der Waals surface area contributed by atoms with E-state index in [9.17, 15) is 9.59 Å². The lowest BCUT2D eigenvalue weighted by Gasteiger charge is -2.17. The third-order valence-electron chi connectivity index (χ3n) is 5.64. The summed E-state index contributed by atoms with van der Waals surface area (Å²) < 4.78 is 0. The molecule has 0 bridgehead atoms. The van der Waals surface area contributed by atoms with E-state index in [-0.39, 0.29) is 11.8 Å². The van der Waals surface area contributed by atoms with Gasteiger partial charge in [0.15, 0.2) is 0 Å². The molecule has 0 atom stereocenters. The van der Waals surface area contributed by atoms with Crippen LogP contribution in [-0.4, -0.2) is 33.7 Å². The summed E-state index contributed by atoms with van der Waals surface area (Å²) in [6, 6.07) is 6.28. The SMILES string of the molecule is Cc1cc2[nH]cc(C)c2cc1CN(C)C(=O)/C=C/c1cnc2c(c1)CCCC(=O)N2. The molecule has 2 N–H and O–H groups in total. The van der Waals surface area contributed by atoms with E-state index in [2.05, 4.69) is 41.3 Å². The van der Waals surface area contributed by atoms with Crippen molar-refractivity contribution in [3.05, 3.63) is 64.5 Å². The lowest BCUT2D eigenvalue weighted by Crippen LogP contribution is -2.24. The first kappa shape index (κ1) is 19.9. The number of carbonyl (C=O) groups excluding carboxylic acids is 2. The maximum atomic E-state index is 12.7. The molecule has 0 saturated carbocycles. The molecule has 0 unspecified atom stereocenters. The van der Waals surface area contributed by atoms with E-state index < -0.39 is 0 Å². The molecule has 1 aliphatic rings. The Labute approximate surface area is 176 Å². The number of hydrogen-bond donors (Lipinski definition) is 2. The van der Waals surface area contributed by atoms with Gasteiger partial charge in [-0.2, -0.15) is 0 Å². The zero-order valence-corrected chi connectivity index (χ0v) is 17.6. The predicted octanol–water partition coefficient (Wildman–Crippen LogP) is 4.13. The van der Waals surface area contributed by atoms with E-state index in [4.69, 9.17) is 0 Å². The summed E-state index contributed by atoms with van der Waals surface area (Å²) in [4.78, 5) is 33.7. The van der Waals surface area contributed by atoms with Gasteiger partial charge in [-0.3, -0.25) is 9.59 Å². The number of amides is 2. The second-order valence-corrected chi connectivity index (χ2v) is 8.00. The molecular weight excluding hydrogens is 376 g/mol. The van der Waals surface area contributed by atoms with Crippen molar-refractivity contribution in [1.82, 2.24) is 14.9 Å². The number of anilines is 1. The van der Waals surface area contributed by atoms with Gasteiger partial charge < -0.3 is 15.2 Å². The van der Waals surface area contributed by atoms with Gasteiger partial charge in [0.1, 0.15) is 5.82 Å². The van der Waals surface area contributed by atoms with Gasteiger partial charge in [-0.15, -0.1) is 0 Å². The van der Waals surface area contributed by atoms with Crippen LogP contribution in [0.25, 0.3) is 17.0 Å². The molecule has 0 aliphatic carbocycles. The van der Waals surface area contributed by atoms with Crippen LogP contribution in [0.1, 0.15) is 40.7 Å². The molecular formula is C24H26N4O2. The van der Waals surface area contributed by atoms with Crippen molar-refractivity contribution in [2.75, 3.05) is 12.4 Å². The lowest BCUT2D eigenvalue weighted by atomic mass is 10.0. The number of H-pyrrole nitrogens is 1. The second-order valence-electron chi connectivity index (χ2n) is 8.00. The van der Waals surface area contributed by atoms with Crippen molar-refractivity contribution in [2.24, 2.45) is 0 Å². The standard InChI is InChI=1S/C24H26N4O2/c1-15-9-21-20(16(2)12-25-21)11-19(15)14-28(3)23(30)8-7-17-10-18-5-4-6-22(29)27-24(18)26-13-17/h7-13,25H,4-6,14H2,1-3H3,(H,26,27,29)/b8-7+. The summed E-state index contributed by atoms with van der Waals surface area (Å²) in [5.41, 5.74) is 6.48. The zero-order chi connectivity index (χ0) is 21.3. The van der Waals surface area contributed by atoms with Crippen LogP contribution in [0.15, 0.2) is 36.7 Å². The third-order valence-corrected chi connectivity index (χ3v) is 5.64. The summed E-state index contributed by atoms with van der Waals surface area (Å²) >= 11 is 0. The molecule has 1 aromatic carbocycles. The number of likely N-dealkylation sites (N-methyl/N-ethyl adjacent to an activating group) is 1. The van der Waals surface area contributed by atoms with E-state index in [1.165, 1.54) is 10.9 Å². The van der Waals surface area contributed by atoms with Gasteiger partial charge in [0.05, 0.1) is 0 Å². The molecule has 3 aromatic rings. The van der Waals surface area contributed by atoms with E-state index in [1.807, 2.05) is 19.3 Å². The highest BCUT2D eigenvalue weighted by molar-refractivity contribution is 5.93. The van der Waals surface area contributed by atoms with Crippen LogP contribution in [-0.2, 0) is 22.6 Å². The third kappa shape index (κ3) is 4.13. The average molecular weight is 402 g/mol. The van der Waals surface area contributed by atoms with E-state index >= 15 is 0 Å². The van der Waals surface area contributed by atoms with Crippen LogP contribution >= 0.6 is 0 Å². The highest BCUT2D eigenvalue weighted by Gasteiger charge is 2.14. The van der Waals surface area contributed by atoms with Crippen molar-refractivity contribution in [1.29, 1.82) is 0 Å². The Bertz CT molecular complexity index is 1160. The van der Waals surface area contributed by atoms with Crippen LogP contribution in [0.5, 0.6) is 0 Å². The number of aromatic amines is 1. The fraction of sp³-hybridized carbons (Fsp3) is 0.292. The number of pyridine rings is 1. The Morgan fingerprint density at radius 2 is 2.03 bits per heavy atom. The van der Waals surface area contributed by atoms with E-state index in [0.29, 0.717) is 18.8 Å². The summed E-state index contributed by atoms with van der Waals surface area (Å²) in [6.45, 7) is 4.69. The summed E-state index contributed by atoms with van der Waals surface area (Å²) in [5, 5.41) is 4.02. The monoisotopic (exact) mass is 402 g/mol. The first-order valence-corrected chi connectivity index (χ1v) is 10.2. The number of aryl methyl sites for hydroxylation is 3. The molecule has 6 nitrogen and oxygen atoms in total. The average Bonchev–Trinajstić information content (AvgIpc) is 2.95. The zero-order valence-electron chi connectivity index (χ0n) is 17.6. The summed E-state index contributed by atoms with van der Waals surface area (Å²) in [7, 11) is 1.81. The first-order valence-electron chi connectivity index (χ1n) is 10.2. The lowest BCUT2D eigenvalue weighted by molar-refractivity contribution is -0.125. The Morgan fingerprint density at radius 3 is 2.87 bits per heavy atom. The normalized spacial score (nSPS) is 13.9. The molecule has 2 amide bonds. The van der Waals surface area contributed by atoms with Gasteiger partial charge in [-0.25, -0.2) is 4.98 Å². The molecule has 1 aliphatic heterocycles. The minimum atomic E-state index is -0.0662. The first-order chi connectivity index (χ1) is 14.4. The van der Waals surface area contributed by atoms with Crippen LogP contribution in [0.2, 0.25) is 0 Å². The van der Waals surface area contributed by atoms with Crippen molar-refractivity contribution < 1.29 is 9.59 Å². The molecule has 0 fully saturated rings. The number of fused-ring (bicyclic) bond motifs is 2. The Kier molecular flexibility index (Phi) is 5.40. The number of carbonyl (C=O) groups is 2. The van der Waals surface area contributed by atoms with Crippen LogP contribution in [0.3, 0.4) is 0 Å². The summed E-state index contributed by atoms with van der Waals surface area (Å²) in [6.07, 6.45) is 9.17. The minimum Gasteiger partial charge on any atom is -0.361 e. The number of hydrogen-bond acceptors (Lipinski definition) is 3. The van der Waals surface area contributed by atoms with Crippen molar-refractivity contribution in [2.45, 2.75) is 39.7 Å². The topological polar surface area (TPSA) is 78.1 Å².